The number of nitrogens with one attached hydrogen (secondary N) is 2. The van der Waals surface area contributed by atoms with Crippen LogP contribution in [0.2, 0.25) is 0 Å². The molecule has 194 valence electrons. The third-order valence-electron chi connectivity index (χ3n) is 5.84. The number of benzene rings is 3. The standard InChI is InChI=1S/C28H30FN3O5/c1-3-35-24-12-10-23(11-13-24)32-17-20(15-27(32)33)28(34)31-30-22-9-14-25(26(16-22)36-4-2)37-18-19-5-7-21(29)8-6-19/h5-14,16,20,30H,3-4,15,17-18H2,1-2H3,(H,31,34)/t20-/m0/s1. The van der Waals surface area contributed by atoms with Gasteiger partial charge < -0.3 is 19.1 Å². The fourth-order valence-electron chi connectivity index (χ4n) is 3.97. The maximum absolute atomic E-state index is 13.1. The first-order valence-corrected chi connectivity index (χ1v) is 12.2. The molecule has 0 spiro atoms. The van der Waals surface area contributed by atoms with E-state index in [1.54, 1.807) is 35.2 Å². The summed E-state index contributed by atoms with van der Waals surface area (Å²) in [6.07, 6.45) is 0.126. The molecular weight excluding hydrogens is 477 g/mol. The molecule has 2 N–H and O–H groups in total. The summed E-state index contributed by atoms with van der Waals surface area (Å²) in [5, 5.41) is 0. The van der Waals surface area contributed by atoms with E-state index in [0.717, 1.165) is 17.0 Å². The molecule has 4 rings (SSSR count). The van der Waals surface area contributed by atoms with E-state index in [9.17, 15) is 14.0 Å². The summed E-state index contributed by atoms with van der Waals surface area (Å²) in [5.41, 5.74) is 7.74. The Morgan fingerprint density at radius 3 is 2.38 bits per heavy atom. The number of hydrogen-bond donors (Lipinski definition) is 2. The summed E-state index contributed by atoms with van der Waals surface area (Å²) >= 11 is 0. The van der Waals surface area contributed by atoms with Gasteiger partial charge in [-0.15, -0.1) is 0 Å². The number of nitrogens with zero attached hydrogens (tertiary/aromatic N) is 1. The molecule has 8 nitrogen and oxygen atoms in total. The zero-order valence-electron chi connectivity index (χ0n) is 20.8. The quantitative estimate of drug-likeness (QED) is 0.366. The molecule has 2 amide bonds. The molecule has 9 heteroatoms. The second kappa shape index (κ2) is 12.1. The smallest absolute Gasteiger partial charge is 0.243 e. The highest BCUT2D eigenvalue weighted by Gasteiger charge is 2.35. The summed E-state index contributed by atoms with van der Waals surface area (Å²) < 4.78 is 30.1. The average molecular weight is 508 g/mol. The van der Waals surface area contributed by atoms with E-state index in [-0.39, 0.29) is 30.7 Å². The molecule has 1 aliphatic heterocycles. The predicted molar refractivity (Wildman–Crippen MR) is 138 cm³/mol. The van der Waals surface area contributed by atoms with Gasteiger partial charge in [0.15, 0.2) is 11.5 Å². The van der Waals surface area contributed by atoms with Crippen LogP contribution in [-0.4, -0.2) is 31.6 Å². The highest BCUT2D eigenvalue weighted by Crippen LogP contribution is 2.31. The molecule has 1 heterocycles. The van der Waals surface area contributed by atoms with Crippen LogP contribution in [0.5, 0.6) is 17.2 Å². The van der Waals surface area contributed by atoms with Gasteiger partial charge in [0.2, 0.25) is 11.8 Å². The maximum Gasteiger partial charge on any atom is 0.243 e. The van der Waals surface area contributed by atoms with Gasteiger partial charge in [0.25, 0.3) is 0 Å². The molecule has 37 heavy (non-hydrogen) atoms. The third-order valence-corrected chi connectivity index (χ3v) is 5.84. The van der Waals surface area contributed by atoms with Crippen LogP contribution in [-0.2, 0) is 16.2 Å². The Hall–Kier alpha value is -4.27. The molecule has 1 aliphatic rings. The van der Waals surface area contributed by atoms with Crippen molar-refractivity contribution >= 4 is 23.2 Å². The molecule has 0 bridgehead atoms. The Morgan fingerprint density at radius 1 is 0.946 bits per heavy atom. The Labute approximate surface area is 215 Å². The normalized spacial score (nSPS) is 14.8. The minimum Gasteiger partial charge on any atom is -0.494 e. The van der Waals surface area contributed by atoms with E-state index in [2.05, 4.69) is 10.9 Å². The molecule has 3 aromatic carbocycles. The highest BCUT2D eigenvalue weighted by atomic mass is 19.1. The van der Waals surface area contributed by atoms with Crippen LogP contribution in [0.3, 0.4) is 0 Å². The Kier molecular flexibility index (Phi) is 8.45. The molecule has 0 aliphatic carbocycles. The second-order valence-corrected chi connectivity index (χ2v) is 8.46. The number of halogens is 1. The number of hydrogen-bond acceptors (Lipinski definition) is 6. The molecule has 1 fully saturated rings. The summed E-state index contributed by atoms with van der Waals surface area (Å²) in [4.78, 5) is 27.0. The van der Waals surface area contributed by atoms with Crippen molar-refractivity contribution in [2.24, 2.45) is 5.92 Å². The lowest BCUT2D eigenvalue weighted by Crippen LogP contribution is -2.36. The van der Waals surface area contributed by atoms with E-state index >= 15 is 0 Å². The summed E-state index contributed by atoms with van der Waals surface area (Å²) in [7, 11) is 0. The number of rotatable bonds is 11. The van der Waals surface area contributed by atoms with Crippen molar-refractivity contribution in [2.75, 3.05) is 30.1 Å². The van der Waals surface area contributed by atoms with Crippen LogP contribution in [0, 0.1) is 11.7 Å². The van der Waals surface area contributed by atoms with Crippen LogP contribution < -0.4 is 30.0 Å². The van der Waals surface area contributed by atoms with Crippen LogP contribution >= 0.6 is 0 Å². The van der Waals surface area contributed by atoms with Crippen molar-refractivity contribution in [3.63, 3.8) is 0 Å². The molecule has 0 saturated carbocycles. The van der Waals surface area contributed by atoms with Gasteiger partial charge in [-0.05, 0) is 67.9 Å². The van der Waals surface area contributed by atoms with E-state index in [1.807, 2.05) is 38.1 Å². The van der Waals surface area contributed by atoms with Crippen molar-refractivity contribution in [1.82, 2.24) is 5.43 Å². The van der Waals surface area contributed by atoms with Crippen molar-refractivity contribution in [2.45, 2.75) is 26.9 Å². The van der Waals surface area contributed by atoms with Crippen LogP contribution in [0.15, 0.2) is 66.7 Å². The molecule has 0 aromatic heterocycles. The number of carbonyl (C=O) groups is 2. The van der Waals surface area contributed by atoms with Crippen LogP contribution in [0.25, 0.3) is 0 Å². The van der Waals surface area contributed by atoms with Gasteiger partial charge >= 0.3 is 0 Å². The van der Waals surface area contributed by atoms with Crippen molar-refractivity contribution in [3.05, 3.63) is 78.1 Å². The molecule has 1 saturated heterocycles. The van der Waals surface area contributed by atoms with Gasteiger partial charge in [-0.2, -0.15) is 0 Å². The summed E-state index contributed by atoms with van der Waals surface area (Å²) in [6.45, 7) is 5.30. The Morgan fingerprint density at radius 2 is 1.68 bits per heavy atom. The number of hydrazine groups is 1. The molecule has 0 unspecified atom stereocenters. The highest BCUT2D eigenvalue weighted by molar-refractivity contribution is 6.00. The van der Waals surface area contributed by atoms with E-state index < -0.39 is 5.92 Å². The van der Waals surface area contributed by atoms with Gasteiger partial charge in [-0.3, -0.25) is 20.4 Å². The lowest BCUT2D eigenvalue weighted by atomic mass is 10.1. The number of ether oxygens (including phenoxy) is 3. The van der Waals surface area contributed by atoms with Gasteiger partial charge in [0.05, 0.1) is 24.8 Å². The SMILES string of the molecule is CCOc1ccc(N2C[C@@H](C(=O)NNc3ccc(OCc4ccc(F)cc4)c(OCC)c3)CC2=O)cc1. The lowest BCUT2D eigenvalue weighted by molar-refractivity contribution is -0.125. The van der Waals surface area contributed by atoms with Gasteiger partial charge in [0.1, 0.15) is 18.2 Å². The molecule has 1 atom stereocenters. The van der Waals surface area contributed by atoms with E-state index in [4.69, 9.17) is 14.2 Å². The topological polar surface area (TPSA) is 89.1 Å². The van der Waals surface area contributed by atoms with Crippen LogP contribution in [0.4, 0.5) is 15.8 Å². The predicted octanol–water partition coefficient (Wildman–Crippen LogP) is 4.70. The minimum atomic E-state index is -0.490. The maximum atomic E-state index is 13.1. The first-order chi connectivity index (χ1) is 18.0. The lowest BCUT2D eigenvalue weighted by Gasteiger charge is -2.18. The van der Waals surface area contributed by atoms with E-state index in [1.165, 1.54) is 12.1 Å². The fraction of sp³-hybridized carbons (Fsp3) is 0.286. The average Bonchev–Trinajstić information content (AvgIpc) is 3.30. The van der Waals surface area contributed by atoms with E-state index in [0.29, 0.717) is 36.9 Å². The zero-order valence-corrected chi connectivity index (χ0v) is 20.8. The number of anilines is 2. The first-order valence-electron chi connectivity index (χ1n) is 12.2. The van der Waals surface area contributed by atoms with Gasteiger partial charge in [-0.1, -0.05) is 12.1 Å². The first kappa shape index (κ1) is 25.8. The van der Waals surface area contributed by atoms with Crippen molar-refractivity contribution in [1.29, 1.82) is 0 Å². The molecule has 3 aromatic rings. The summed E-state index contributed by atoms with van der Waals surface area (Å²) in [6, 6.07) is 18.5. The largest absolute Gasteiger partial charge is 0.494 e. The zero-order chi connectivity index (χ0) is 26.2. The Bertz CT molecular complexity index is 1220. The van der Waals surface area contributed by atoms with Crippen molar-refractivity contribution in [3.8, 4) is 17.2 Å². The van der Waals surface area contributed by atoms with Crippen LogP contribution in [0.1, 0.15) is 25.8 Å². The number of amides is 2. The molecule has 0 radical (unpaired) electrons. The van der Waals surface area contributed by atoms with Crippen molar-refractivity contribution < 1.29 is 28.2 Å². The Balaban J connectivity index is 1.33. The molecular formula is C28H30FN3O5. The minimum absolute atomic E-state index is 0.106. The second-order valence-electron chi connectivity index (χ2n) is 8.46. The van der Waals surface area contributed by atoms with Gasteiger partial charge in [0, 0.05) is 24.7 Å². The summed E-state index contributed by atoms with van der Waals surface area (Å²) in [5.74, 6) is 0.576. The fourth-order valence-corrected chi connectivity index (χ4v) is 3.97. The third kappa shape index (κ3) is 6.69. The number of carbonyl (C=O) groups excluding carboxylic acids is 2. The monoisotopic (exact) mass is 507 g/mol. The van der Waals surface area contributed by atoms with Gasteiger partial charge in [-0.25, -0.2) is 4.39 Å².